The number of unbranched alkanes of at least 4 members (excludes halogenated alkanes) is 5. The highest BCUT2D eigenvalue weighted by atomic mass is 16.6. The summed E-state index contributed by atoms with van der Waals surface area (Å²) in [5.74, 6) is 0.780. The molecule has 2 N–H and O–H groups in total. The van der Waals surface area contributed by atoms with Gasteiger partial charge in [0.2, 0.25) is 11.8 Å². The Kier molecular flexibility index (Phi) is 17.2. The molecule has 4 unspecified atom stereocenters. The second-order valence-electron chi connectivity index (χ2n) is 15.3. The molecule has 0 aromatic heterocycles. The molecule has 2 aromatic rings. The molecule has 9 heteroatoms. The van der Waals surface area contributed by atoms with E-state index in [9.17, 15) is 19.2 Å². The third-order valence-corrected chi connectivity index (χ3v) is 8.43. The van der Waals surface area contributed by atoms with Gasteiger partial charge in [0.25, 0.3) is 0 Å². The molecule has 2 rings (SSSR count). The maximum absolute atomic E-state index is 14.8. The van der Waals surface area contributed by atoms with Crippen molar-refractivity contribution in [1.82, 2.24) is 15.5 Å². The van der Waals surface area contributed by atoms with E-state index in [-0.39, 0.29) is 18.9 Å². The van der Waals surface area contributed by atoms with Gasteiger partial charge in [-0.05, 0) is 77.1 Å². The second-order valence-corrected chi connectivity index (χ2v) is 15.3. The number of carbonyl (C=O) groups excluding carboxylic acids is 4. The summed E-state index contributed by atoms with van der Waals surface area (Å²) >= 11 is 0. The lowest BCUT2D eigenvalue weighted by Crippen LogP contribution is -2.56. The van der Waals surface area contributed by atoms with Crippen molar-refractivity contribution in [3.05, 3.63) is 71.3 Å². The summed E-state index contributed by atoms with van der Waals surface area (Å²) in [4.78, 5) is 57.7. The van der Waals surface area contributed by atoms with E-state index in [0.717, 1.165) is 37.7 Å². The van der Waals surface area contributed by atoms with Gasteiger partial charge in [-0.15, -0.1) is 6.42 Å². The second kappa shape index (κ2) is 20.5. The number of alkyl carbamates (subject to hydrolysis) is 1. The zero-order valence-electron chi connectivity index (χ0n) is 32.3. The van der Waals surface area contributed by atoms with Crippen molar-refractivity contribution < 1.29 is 28.7 Å². The molecular weight excluding hydrogens is 642 g/mol. The number of esters is 1. The summed E-state index contributed by atoms with van der Waals surface area (Å²) in [6.07, 6.45) is 11.5. The van der Waals surface area contributed by atoms with Gasteiger partial charge in [0.05, 0.1) is 0 Å². The van der Waals surface area contributed by atoms with E-state index in [2.05, 4.69) is 23.5 Å². The lowest BCUT2D eigenvalue weighted by molar-refractivity contribution is -0.159. The van der Waals surface area contributed by atoms with Gasteiger partial charge in [0, 0.05) is 18.5 Å². The Morgan fingerprint density at radius 3 is 1.94 bits per heavy atom. The smallest absolute Gasteiger partial charge is 0.408 e. The molecule has 0 fully saturated rings. The van der Waals surface area contributed by atoms with Gasteiger partial charge < -0.3 is 25.0 Å². The predicted octanol–water partition coefficient (Wildman–Crippen LogP) is 7.91. The first kappa shape index (κ1) is 42.8. The van der Waals surface area contributed by atoms with Crippen LogP contribution in [0, 0.1) is 18.3 Å². The number of nitrogens with zero attached hydrogens (tertiary/aromatic N) is 1. The van der Waals surface area contributed by atoms with E-state index in [4.69, 9.17) is 15.9 Å². The van der Waals surface area contributed by atoms with E-state index in [1.165, 1.54) is 0 Å². The first-order valence-corrected chi connectivity index (χ1v) is 18.4. The minimum Gasteiger partial charge on any atom is -0.458 e. The zero-order chi connectivity index (χ0) is 38.2. The van der Waals surface area contributed by atoms with E-state index in [0.29, 0.717) is 24.0 Å². The summed E-state index contributed by atoms with van der Waals surface area (Å²) in [5, 5.41) is 5.78. The highest BCUT2D eigenvalue weighted by molar-refractivity contribution is 5.94. The summed E-state index contributed by atoms with van der Waals surface area (Å²) in [6, 6.07) is 13.1. The molecule has 4 atom stereocenters. The number of amides is 3. The van der Waals surface area contributed by atoms with Crippen molar-refractivity contribution in [3.8, 4) is 12.3 Å². The van der Waals surface area contributed by atoms with Crippen molar-refractivity contribution in [2.75, 3.05) is 6.54 Å². The van der Waals surface area contributed by atoms with Gasteiger partial charge in [-0.25, -0.2) is 9.59 Å². The molecule has 0 radical (unpaired) electrons. The number of carbonyl (C=O) groups is 4. The Morgan fingerprint density at radius 1 is 0.804 bits per heavy atom. The predicted molar refractivity (Wildman–Crippen MR) is 203 cm³/mol. The number of nitrogens with one attached hydrogen (secondary N) is 2. The topological polar surface area (TPSA) is 114 Å². The van der Waals surface area contributed by atoms with Crippen LogP contribution in [0.25, 0.3) is 0 Å². The van der Waals surface area contributed by atoms with Gasteiger partial charge in [0.15, 0.2) is 0 Å². The van der Waals surface area contributed by atoms with Crippen molar-refractivity contribution >= 4 is 23.9 Å². The fraction of sp³-hybridized carbons (Fsp3) is 0.571. The van der Waals surface area contributed by atoms with Crippen molar-refractivity contribution in [1.29, 1.82) is 0 Å². The molecule has 51 heavy (non-hydrogen) atoms. The number of hydrogen-bond donors (Lipinski definition) is 2. The third-order valence-electron chi connectivity index (χ3n) is 8.43. The third kappa shape index (κ3) is 15.2. The highest BCUT2D eigenvalue weighted by Crippen LogP contribution is 2.27. The van der Waals surface area contributed by atoms with E-state index in [1.54, 1.807) is 70.7 Å². The molecule has 0 aliphatic heterocycles. The molecule has 0 heterocycles. The van der Waals surface area contributed by atoms with Crippen LogP contribution in [0.3, 0.4) is 0 Å². The van der Waals surface area contributed by atoms with Gasteiger partial charge >= 0.3 is 12.1 Å². The van der Waals surface area contributed by atoms with Gasteiger partial charge in [0.1, 0.15) is 29.3 Å². The molecule has 0 bridgehead atoms. The first-order valence-electron chi connectivity index (χ1n) is 18.4. The molecule has 0 saturated carbocycles. The largest absolute Gasteiger partial charge is 0.458 e. The molecule has 0 saturated heterocycles. The lowest BCUT2D eigenvalue weighted by Gasteiger charge is -2.37. The monoisotopic (exact) mass is 703 g/mol. The van der Waals surface area contributed by atoms with E-state index in [1.807, 2.05) is 44.2 Å². The van der Waals surface area contributed by atoms with E-state index < -0.39 is 53.2 Å². The Morgan fingerprint density at radius 2 is 1.39 bits per heavy atom. The minimum absolute atomic E-state index is 0.186. The molecule has 9 nitrogen and oxygen atoms in total. The SMILES string of the molecule is C#Cc1ccc(C(C(=O)NC(Cc2ccccc2)C(=O)OC(C)(C)C)N(CCCCCCCC)C(=O)C(NC(=O)OC(C)(C)C)C(C)CC)cc1. The van der Waals surface area contributed by atoms with Crippen LogP contribution >= 0.6 is 0 Å². The average molecular weight is 704 g/mol. The lowest BCUT2D eigenvalue weighted by atomic mass is 9.95. The van der Waals surface area contributed by atoms with Crippen LogP contribution in [-0.4, -0.2) is 58.6 Å². The van der Waals surface area contributed by atoms with Crippen molar-refractivity contribution in [2.24, 2.45) is 5.92 Å². The molecule has 0 aliphatic rings. The normalized spacial score (nSPS) is 13.9. The molecule has 280 valence electrons. The summed E-state index contributed by atoms with van der Waals surface area (Å²) < 4.78 is 11.3. The Bertz CT molecular complexity index is 1440. The van der Waals surface area contributed by atoms with Gasteiger partial charge in [-0.3, -0.25) is 9.59 Å². The van der Waals surface area contributed by atoms with Crippen LogP contribution in [0.5, 0.6) is 0 Å². The number of ether oxygens (including phenoxy) is 2. The van der Waals surface area contributed by atoms with Crippen LogP contribution in [0.4, 0.5) is 4.79 Å². The number of benzene rings is 2. The Hall–Kier alpha value is -4.32. The van der Waals surface area contributed by atoms with Gasteiger partial charge in [-0.2, -0.15) is 0 Å². The molecule has 0 spiro atoms. The molecule has 2 aromatic carbocycles. The van der Waals surface area contributed by atoms with Gasteiger partial charge in [-0.1, -0.05) is 108 Å². The van der Waals surface area contributed by atoms with Crippen LogP contribution in [0.15, 0.2) is 54.6 Å². The standard InChI is InChI=1S/C42H61N3O6/c1-11-14-15-16-17-21-28-45(38(47)35(30(4)12-2)44-40(49)51-42(8,9)10)36(33-26-24-31(13-3)25-27-33)37(46)43-34(39(48)50-41(5,6)7)29-32-22-19-18-20-23-32/h3,18-20,22-27,30,34-36H,11-12,14-17,21,28-29H2,1-2,4-10H3,(H,43,46)(H,44,49). The average Bonchev–Trinajstić information content (AvgIpc) is 3.06. The molecular formula is C42H61N3O6. The van der Waals surface area contributed by atoms with E-state index >= 15 is 0 Å². The summed E-state index contributed by atoms with van der Waals surface area (Å²) in [6.45, 7) is 16.8. The molecule has 3 amide bonds. The van der Waals surface area contributed by atoms with Crippen LogP contribution in [-0.2, 0) is 30.3 Å². The summed E-state index contributed by atoms with van der Waals surface area (Å²) in [7, 11) is 0. The summed E-state index contributed by atoms with van der Waals surface area (Å²) in [5.41, 5.74) is 0.405. The quantitative estimate of drug-likeness (QED) is 0.0927. The fourth-order valence-corrected chi connectivity index (χ4v) is 5.63. The molecule has 0 aliphatic carbocycles. The van der Waals surface area contributed by atoms with Crippen molar-refractivity contribution in [3.63, 3.8) is 0 Å². The van der Waals surface area contributed by atoms with Crippen LogP contribution < -0.4 is 10.6 Å². The Balaban J connectivity index is 2.66. The maximum atomic E-state index is 14.8. The number of hydrogen-bond acceptors (Lipinski definition) is 6. The number of rotatable bonds is 18. The first-order chi connectivity index (χ1) is 24.0. The van der Waals surface area contributed by atoms with Crippen LogP contribution in [0.2, 0.25) is 0 Å². The fourth-order valence-electron chi connectivity index (χ4n) is 5.63. The number of terminal acetylenes is 1. The Labute approximate surface area is 306 Å². The highest BCUT2D eigenvalue weighted by Gasteiger charge is 2.39. The van der Waals surface area contributed by atoms with Crippen molar-refractivity contribution in [2.45, 2.75) is 143 Å². The maximum Gasteiger partial charge on any atom is 0.408 e. The van der Waals surface area contributed by atoms with Crippen LogP contribution in [0.1, 0.15) is 130 Å². The zero-order valence-corrected chi connectivity index (χ0v) is 32.3. The minimum atomic E-state index is -1.15.